The number of aliphatic hydroxyl groups excluding tert-OH is 1. The van der Waals surface area contributed by atoms with Gasteiger partial charge in [0.05, 0.1) is 0 Å². The molecule has 0 radical (unpaired) electrons. The molecule has 0 fully saturated rings. The Morgan fingerprint density at radius 2 is 1.94 bits per heavy atom. The van der Waals surface area contributed by atoms with Crippen molar-refractivity contribution < 1.29 is 5.11 Å². The standard InChI is InChI=1S/C14H22BrNO/c1-3-12(8-9-17)10-16-11(2)13-4-6-14(15)7-5-13/h4-7,11-12,16-17H,3,8-10H2,1-2H3. The molecule has 3 heteroatoms. The topological polar surface area (TPSA) is 32.3 Å². The van der Waals surface area contributed by atoms with Gasteiger partial charge < -0.3 is 10.4 Å². The molecule has 0 amide bonds. The number of nitrogens with one attached hydrogen (secondary N) is 1. The zero-order valence-corrected chi connectivity index (χ0v) is 12.2. The van der Waals surface area contributed by atoms with Crippen LogP contribution in [0.4, 0.5) is 0 Å². The second-order valence-electron chi connectivity index (χ2n) is 4.47. The number of hydrogen-bond donors (Lipinski definition) is 2. The normalized spacial score (nSPS) is 14.6. The van der Waals surface area contributed by atoms with Crippen LogP contribution >= 0.6 is 15.9 Å². The summed E-state index contributed by atoms with van der Waals surface area (Å²) in [5.74, 6) is 0.567. The molecular weight excluding hydrogens is 278 g/mol. The summed E-state index contributed by atoms with van der Waals surface area (Å²) in [4.78, 5) is 0. The third-order valence-corrected chi connectivity index (χ3v) is 3.73. The number of benzene rings is 1. The van der Waals surface area contributed by atoms with E-state index >= 15 is 0 Å². The molecule has 17 heavy (non-hydrogen) atoms. The molecule has 0 saturated carbocycles. The average molecular weight is 300 g/mol. The van der Waals surface area contributed by atoms with E-state index in [2.05, 4.69) is 59.4 Å². The summed E-state index contributed by atoms with van der Waals surface area (Å²) in [6.07, 6.45) is 2.00. The van der Waals surface area contributed by atoms with Crippen molar-refractivity contribution in [2.75, 3.05) is 13.2 Å². The number of hydrogen-bond acceptors (Lipinski definition) is 2. The average Bonchev–Trinajstić information content (AvgIpc) is 2.35. The molecular formula is C14H22BrNO. The maximum Gasteiger partial charge on any atom is 0.0434 e. The first-order chi connectivity index (χ1) is 8.17. The van der Waals surface area contributed by atoms with Gasteiger partial charge in [-0.1, -0.05) is 41.4 Å². The summed E-state index contributed by atoms with van der Waals surface area (Å²) in [5, 5.41) is 12.5. The molecule has 2 N–H and O–H groups in total. The van der Waals surface area contributed by atoms with Crippen LogP contribution in [-0.2, 0) is 0 Å². The van der Waals surface area contributed by atoms with E-state index in [0.29, 0.717) is 12.0 Å². The van der Waals surface area contributed by atoms with Crippen molar-refractivity contribution in [3.8, 4) is 0 Å². The third-order valence-electron chi connectivity index (χ3n) is 3.20. The van der Waals surface area contributed by atoms with Crippen molar-refractivity contribution in [3.05, 3.63) is 34.3 Å². The van der Waals surface area contributed by atoms with Gasteiger partial charge in [0, 0.05) is 17.1 Å². The second-order valence-corrected chi connectivity index (χ2v) is 5.38. The van der Waals surface area contributed by atoms with E-state index in [1.165, 1.54) is 5.56 Å². The van der Waals surface area contributed by atoms with Gasteiger partial charge in [-0.25, -0.2) is 0 Å². The number of aliphatic hydroxyl groups is 1. The molecule has 0 aliphatic heterocycles. The van der Waals surface area contributed by atoms with Crippen LogP contribution in [0, 0.1) is 5.92 Å². The Kier molecular flexibility index (Phi) is 6.78. The van der Waals surface area contributed by atoms with Crippen LogP contribution in [0.2, 0.25) is 0 Å². The summed E-state index contributed by atoms with van der Waals surface area (Å²) in [6, 6.07) is 8.76. The van der Waals surface area contributed by atoms with E-state index in [-0.39, 0.29) is 6.61 Å². The summed E-state index contributed by atoms with van der Waals surface area (Å²) >= 11 is 3.44. The van der Waals surface area contributed by atoms with Gasteiger partial charge in [-0.3, -0.25) is 0 Å². The van der Waals surface area contributed by atoms with Crippen LogP contribution in [0.1, 0.15) is 38.3 Å². The fourth-order valence-corrected chi connectivity index (χ4v) is 2.11. The van der Waals surface area contributed by atoms with Gasteiger partial charge >= 0.3 is 0 Å². The van der Waals surface area contributed by atoms with E-state index < -0.39 is 0 Å². The lowest BCUT2D eigenvalue weighted by molar-refractivity contribution is 0.249. The van der Waals surface area contributed by atoms with Crippen molar-refractivity contribution in [1.29, 1.82) is 0 Å². The molecule has 0 bridgehead atoms. The Morgan fingerprint density at radius 1 is 1.29 bits per heavy atom. The lowest BCUT2D eigenvalue weighted by Gasteiger charge is -2.19. The Hall–Kier alpha value is -0.380. The minimum atomic E-state index is 0.285. The van der Waals surface area contributed by atoms with Crippen LogP contribution in [0.25, 0.3) is 0 Å². The van der Waals surface area contributed by atoms with Gasteiger partial charge in [0.2, 0.25) is 0 Å². The third kappa shape index (κ3) is 5.19. The molecule has 0 saturated heterocycles. The second kappa shape index (κ2) is 7.85. The highest BCUT2D eigenvalue weighted by atomic mass is 79.9. The molecule has 2 atom stereocenters. The first-order valence-corrected chi connectivity index (χ1v) is 7.06. The molecule has 1 rings (SSSR count). The Morgan fingerprint density at radius 3 is 2.47 bits per heavy atom. The van der Waals surface area contributed by atoms with E-state index in [4.69, 9.17) is 5.11 Å². The minimum Gasteiger partial charge on any atom is -0.396 e. The van der Waals surface area contributed by atoms with E-state index in [1.807, 2.05) is 0 Å². The Bertz CT molecular complexity index is 313. The highest BCUT2D eigenvalue weighted by molar-refractivity contribution is 9.10. The first-order valence-electron chi connectivity index (χ1n) is 6.27. The smallest absolute Gasteiger partial charge is 0.0434 e. The predicted molar refractivity (Wildman–Crippen MR) is 76.0 cm³/mol. The summed E-state index contributed by atoms with van der Waals surface area (Å²) in [7, 11) is 0. The van der Waals surface area contributed by atoms with Crippen LogP contribution in [0.5, 0.6) is 0 Å². The lowest BCUT2D eigenvalue weighted by atomic mass is 10.0. The SMILES string of the molecule is CCC(CCO)CNC(C)c1ccc(Br)cc1. The molecule has 2 nitrogen and oxygen atoms in total. The van der Waals surface area contributed by atoms with E-state index in [9.17, 15) is 0 Å². The summed E-state index contributed by atoms with van der Waals surface area (Å²) in [5.41, 5.74) is 1.30. The highest BCUT2D eigenvalue weighted by Crippen LogP contribution is 2.17. The van der Waals surface area contributed by atoms with Crippen LogP contribution in [-0.4, -0.2) is 18.3 Å². The zero-order valence-electron chi connectivity index (χ0n) is 10.6. The number of halogens is 1. The molecule has 0 heterocycles. The Labute approximate surface area is 113 Å². The summed E-state index contributed by atoms with van der Waals surface area (Å²) < 4.78 is 1.11. The maximum atomic E-state index is 8.95. The molecule has 2 unspecified atom stereocenters. The van der Waals surface area contributed by atoms with Gasteiger partial charge in [-0.2, -0.15) is 0 Å². The fraction of sp³-hybridized carbons (Fsp3) is 0.571. The number of rotatable bonds is 7. The minimum absolute atomic E-state index is 0.285. The van der Waals surface area contributed by atoms with Crippen molar-refractivity contribution in [1.82, 2.24) is 5.32 Å². The van der Waals surface area contributed by atoms with E-state index in [0.717, 1.165) is 23.9 Å². The monoisotopic (exact) mass is 299 g/mol. The summed E-state index contributed by atoms with van der Waals surface area (Å²) in [6.45, 7) is 5.60. The quantitative estimate of drug-likeness (QED) is 0.807. The first kappa shape index (κ1) is 14.7. The largest absolute Gasteiger partial charge is 0.396 e. The molecule has 0 aliphatic carbocycles. The molecule has 0 aliphatic rings. The molecule has 1 aromatic rings. The van der Waals surface area contributed by atoms with Crippen LogP contribution in [0.15, 0.2) is 28.7 Å². The van der Waals surface area contributed by atoms with Gasteiger partial charge in [0.15, 0.2) is 0 Å². The zero-order chi connectivity index (χ0) is 12.7. The van der Waals surface area contributed by atoms with E-state index in [1.54, 1.807) is 0 Å². The van der Waals surface area contributed by atoms with Crippen molar-refractivity contribution in [2.24, 2.45) is 5.92 Å². The Balaban J connectivity index is 2.43. The van der Waals surface area contributed by atoms with Crippen LogP contribution in [0.3, 0.4) is 0 Å². The molecule has 0 aromatic heterocycles. The molecule has 96 valence electrons. The lowest BCUT2D eigenvalue weighted by Crippen LogP contribution is -2.26. The van der Waals surface area contributed by atoms with Crippen molar-refractivity contribution >= 4 is 15.9 Å². The molecule has 1 aromatic carbocycles. The van der Waals surface area contributed by atoms with Crippen molar-refractivity contribution in [3.63, 3.8) is 0 Å². The van der Waals surface area contributed by atoms with Gasteiger partial charge in [0.1, 0.15) is 0 Å². The van der Waals surface area contributed by atoms with Crippen molar-refractivity contribution in [2.45, 2.75) is 32.7 Å². The maximum absolute atomic E-state index is 8.95. The van der Waals surface area contributed by atoms with Crippen LogP contribution < -0.4 is 5.32 Å². The van der Waals surface area contributed by atoms with Gasteiger partial charge in [-0.15, -0.1) is 0 Å². The fourth-order valence-electron chi connectivity index (χ4n) is 1.85. The van der Waals surface area contributed by atoms with Gasteiger partial charge in [0.25, 0.3) is 0 Å². The molecule has 0 spiro atoms. The predicted octanol–water partition coefficient (Wildman–Crippen LogP) is 3.51. The highest BCUT2D eigenvalue weighted by Gasteiger charge is 2.09. The van der Waals surface area contributed by atoms with Gasteiger partial charge in [-0.05, 0) is 43.5 Å².